The molecule has 0 saturated carbocycles. The highest BCUT2D eigenvalue weighted by Crippen LogP contribution is 2.37. The molecule has 0 spiro atoms. The van der Waals surface area contributed by atoms with Crippen molar-refractivity contribution in [2.45, 2.75) is 58.2 Å². The molecule has 8 nitrogen and oxygen atoms in total. The molecule has 0 bridgehead atoms. The lowest BCUT2D eigenvalue weighted by atomic mass is 10.2. The molecule has 8 heteroatoms. The van der Waals surface area contributed by atoms with Crippen LogP contribution < -0.4 is 20.7 Å². The number of unbranched alkanes of at least 4 members (excludes halogenated alkanes) is 4. The molecule has 3 rings (SSSR count). The van der Waals surface area contributed by atoms with Crippen LogP contribution in [0.3, 0.4) is 0 Å². The quantitative estimate of drug-likeness (QED) is 0.427. The van der Waals surface area contributed by atoms with Gasteiger partial charge in [-0.15, -0.1) is 0 Å². The summed E-state index contributed by atoms with van der Waals surface area (Å²) in [5, 5.41) is 3.12. The molecular weight excluding hydrogens is 356 g/mol. The number of rotatable bonds is 12. The van der Waals surface area contributed by atoms with Gasteiger partial charge >= 0.3 is 6.01 Å². The Morgan fingerprint density at radius 2 is 1.89 bits per heavy atom. The van der Waals surface area contributed by atoms with Crippen molar-refractivity contribution in [3.8, 4) is 6.01 Å². The molecule has 0 radical (unpaired) electrons. The van der Waals surface area contributed by atoms with Crippen LogP contribution in [0.4, 0.5) is 17.3 Å². The number of nitrogens with two attached hydrogens (primary N) is 1. The summed E-state index contributed by atoms with van der Waals surface area (Å²) in [5.74, 6) is 0.973. The number of nitrogen functional groups attached to an aromatic ring is 1. The Morgan fingerprint density at radius 1 is 1.14 bits per heavy atom. The van der Waals surface area contributed by atoms with Crippen LogP contribution in [0.5, 0.6) is 6.01 Å². The predicted molar refractivity (Wildman–Crippen MR) is 111 cm³/mol. The van der Waals surface area contributed by atoms with E-state index in [4.69, 9.17) is 10.5 Å². The second-order valence-electron chi connectivity index (χ2n) is 7.05. The van der Waals surface area contributed by atoms with E-state index in [9.17, 15) is 4.79 Å². The molecule has 2 aromatic heterocycles. The fourth-order valence-corrected chi connectivity index (χ4v) is 3.32. The number of aromatic nitrogens is 3. The Balaban J connectivity index is 1.54. The lowest BCUT2D eigenvalue weighted by Gasteiger charge is -2.21. The minimum absolute atomic E-state index is 0.273. The SMILES string of the molecule is CCCCOc1nc(N)c2c(n1)N(CCCCCCn1cccc1)C(C=O)N2. The van der Waals surface area contributed by atoms with Gasteiger partial charge in [-0.3, -0.25) is 4.79 Å². The Hall–Kier alpha value is -2.77. The molecule has 3 heterocycles. The highest BCUT2D eigenvalue weighted by Gasteiger charge is 2.32. The van der Waals surface area contributed by atoms with E-state index >= 15 is 0 Å². The topological polar surface area (TPSA) is 98.3 Å². The van der Waals surface area contributed by atoms with Crippen molar-refractivity contribution in [2.75, 3.05) is 29.1 Å². The fraction of sp³-hybridized carbons (Fsp3) is 0.550. The van der Waals surface area contributed by atoms with Crippen LogP contribution in [0.15, 0.2) is 24.5 Å². The van der Waals surface area contributed by atoms with Crippen LogP contribution in [-0.2, 0) is 11.3 Å². The first-order valence-electron chi connectivity index (χ1n) is 10.1. The number of nitrogens with one attached hydrogen (secondary N) is 1. The number of aryl methyl sites for hydroxylation is 1. The number of fused-ring (bicyclic) bond motifs is 1. The van der Waals surface area contributed by atoms with Crippen LogP contribution in [0.25, 0.3) is 0 Å². The molecule has 28 heavy (non-hydrogen) atoms. The maximum Gasteiger partial charge on any atom is 0.320 e. The van der Waals surface area contributed by atoms with Gasteiger partial charge in [0.05, 0.1) is 6.61 Å². The van der Waals surface area contributed by atoms with Gasteiger partial charge in [-0.05, 0) is 31.4 Å². The lowest BCUT2D eigenvalue weighted by Crippen LogP contribution is -2.37. The van der Waals surface area contributed by atoms with Crippen molar-refractivity contribution in [2.24, 2.45) is 0 Å². The van der Waals surface area contributed by atoms with Crippen molar-refractivity contribution < 1.29 is 9.53 Å². The van der Waals surface area contributed by atoms with E-state index in [-0.39, 0.29) is 6.01 Å². The van der Waals surface area contributed by atoms with Gasteiger partial charge < -0.3 is 25.3 Å². The second kappa shape index (κ2) is 9.96. The van der Waals surface area contributed by atoms with Crippen molar-refractivity contribution >= 4 is 23.6 Å². The average molecular weight is 386 g/mol. The molecule has 1 unspecified atom stereocenters. The number of hydrogen-bond donors (Lipinski definition) is 2. The molecule has 0 amide bonds. The molecule has 2 aromatic rings. The first kappa shape index (κ1) is 20.0. The van der Waals surface area contributed by atoms with E-state index in [0.29, 0.717) is 23.9 Å². The van der Waals surface area contributed by atoms with Gasteiger partial charge in [0, 0.05) is 25.5 Å². The Kier molecular flexibility index (Phi) is 7.11. The monoisotopic (exact) mass is 386 g/mol. The number of carbonyl (C=O) groups excluding carboxylic acids is 1. The van der Waals surface area contributed by atoms with Crippen molar-refractivity contribution in [3.63, 3.8) is 0 Å². The highest BCUT2D eigenvalue weighted by molar-refractivity contribution is 5.87. The number of nitrogens with zero attached hydrogens (tertiary/aromatic N) is 4. The molecule has 0 aromatic carbocycles. The van der Waals surface area contributed by atoms with Gasteiger partial charge in [0.25, 0.3) is 0 Å². The lowest BCUT2D eigenvalue weighted by molar-refractivity contribution is -0.108. The van der Waals surface area contributed by atoms with Crippen LogP contribution in [-0.4, -0.2) is 40.1 Å². The summed E-state index contributed by atoms with van der Waals surface area (Å²) in [6.45, 7) is 4.43. The van der Waals surface area contributed by atoms with E-state index in [0.717, 1.165) is 57.9 Å². The van der Waals surface area contributed by atoms with Gasteiger partial charge in [-0.2, -0.15) is 9.97 Å². The average Bonchev–Trinajstić information content (AvgIpc) is 3.33. The van der Waals surface area contributed by atoms with E-state index in [1.54, 1.807) is 0 Å². The zero-order valence-electron chi connectivity index (χ0n) is 16.5. The van der Waals surface area contributed by atoms with Gasteiger partial charge in [0.2, 0.25) is 0 Å². The summed E-state index contributed by atoms with van der Waals surface area (Å²) in [7, 11) is 0. The molecule has 152 valence electrons. The van der Waals surface area contributed by atoms with Gasteiger partial charge in [-0.25, -0.2) is 0 Å². The molecule has 0 saturated heterocycles. The van der Waals surface area contributed by atoms with E-state index in [1.165, 1.54) is 0 Å². The smallest absolute Gasteiger partial charge is 0.320 e. The van der Waals surface area contributed by atoms with Crippen molar-refractivity contribution in [1.82, 2.24) is 14.5 Å². The van der Waals surface area contributed by atoms with E-state index in [2.05, 4.69) is 39.2 Å². The number of anilines is 3. The van der Waals surface area contributed by atoms with Crippen LogP contribution in [0, 0.1) is 0 Å². The van der Waals surface area contributed by atoms with Crippen LogP contribution in [0.2, 0.25) is 0 Å². The number of ether oxygens (including phenoxy) is 1. The van der Waals surface area contributed by atoms with Gasteiger partial charge in [0.1, 0.15) is 5.69 Å². The zero-order chi connectivity index (χ0) is 19.8. The standard InChI is InChI=1S/C20H30N6O2/c1-2-3-14-28-20-23-18(21)17-19(24-20)26(16(15-27)22-17)13-7-5-4-6-10-25-11-8-9-12-25/h8-9,11-12,15-16,22H,2-7,10,13-14H2,1H3,(H2,21,23,24). The maximum absolute atomic E-state index is 11.5. The number of hydrogen-bond acceptors (Lipinski definition) is 7. The van der Waals surface area contributed by atoms with E-state index in [1.807, 2.05) is 17.0 Å². The summed E-state index contributed by atoms with van der Waals surface area (Å²) >= 11 is 0. The molecule has 1 aliphatic heterocycles. The molecule has 1 atom stereocenters. The third kappa shape index (κ3) is 4.94. The minimum Gasteiger partial charge on any atom is -0.463 e. The molecular formula is C20H30N6O2. The highest BCUT2D eigenvalue weighted by atomic mass is 16.5. The summed E-state index contributed by atoms with van der Waals surface area (Å²) < 4.78 is 7.81. The summed E-state index contributed by atoms with van der Waals surface area (Å²) in [5.41, 5.74) is 6.68. The molecule has 3 N–H and O–H groups in total. The molecule has 0 fully saturated rings. The third-order valence-electron chi connectivity index (χ3n) is 4.89. The van der Waals surface area contributed by atoms with Gasteiger partial charge in [0.15, 0.2) is 24.1 Å². The number of aldehydes is 1. The Morgan fingerprint density at radius 3 is 2.61 bits per heavy atom. The first-order chi connectivity index (χ1) is 13.7. The summed E-state index contributed by atoms with van der Waals surface area (Å²) in [4.78, 5) is 22.2. The normalized spacial score (nSPS) is 15.3. The van der Waals surface area contributed by atoms with Crippen molar-refractivity contribution in [3.05, 3.63) is 24.5 Å². The molecule has 0 aliphatic carbocycles. The number of carbonyl (C=O) groups is 1. The van der Waals surface area contributed by atoms with Crippen LogP contribution in [0.1, 0.15) is 45.4 Å². The maximum atomic E-state index is 11.5. The third-order valence-corrected chi connectivity index (χ3v) is 4.89. The first-order valence-corrected chi connectivity index (χ1v) is 10.1. The van der Waals surface area contributed by atoms with Crippen LogP contribution >= 0.6 is 0 Å². The van der Waals surface area contributed by atoms with Crippen molar-refractivity contribution in [1.29, 1.82) is 0 Å². The van der Waals surface area contributed by atoms with E-state index < -0.39 is 6.17 Å². The molecule has 1 aliphatic rings. The summed E-state index contributed by atoms with van der Waals surface area (Å²) in [6.07, 6.45) is 10.9. The predicted octanol–water partition coefficient (Wildman–Crippen LogP) is 3.06. The Bertz CT molecular complexity index is 749. The largest absolute Gasteiger partial charge is 0.463 e. The fourth-order valence-electron chi connectivity index (χ4n) is 3.32. The second-order valence-corrected chi connectivity index (χ2v) is 7.05. The zero-order valence-corrected chi connectivity index (χ0v) is 16.5. The summed E-state index contributed by atoms with van der Waals surface area (Å²) in [6, 6.07) is 4.37. The minimum atomic E-state index is -0.461. The Labute approximate surface area is 166 Å². The van der Waals surface area contributed by atoms with Gasteiger partial charge in [-0.1, -0.05) is 26.2 Å².